The first-order chi connectivity index (χ1) is 7.09. The predicted octanol–water partition coefficient (Wildman–Crippen LogP) is 4.65. The van der Waals surface area contributed by atoms with Crippen molar-refractivity contribution in [3.8, 4) is 0 Å². The van der Waals surface area contributed by atoms with Gasteiger partial charge in [-0.3, -0.25) is 0 Å². The summed E-state index contributed by atoms with van der Waals surface area (Å²) in [6.45, 7) is 9.17. The number of hydrogen-bond acceptors (Lipinski definition) is 0. The molecule has 0 spiro atoms. The lowest BCUT2D eigenvalue weighted by Crippen LogP contribution is -2.06. The van der Waals surface area contributed by atoms with Crippen LogP contribution in [0.2, 0.25) is 0 Å². The average molecular weight is 202 g/mol. The van der Waals surface area contributed by atoms with Gasteiger partial charge in [-0.2, -0.15) is 0 Å². The average Bonchev–Trinajstić information content (AvgIpc) is 2.57. The lowest BCUT2D eigenvalue weighted by Gasteiger charge is -2.17. The Hall–Kier alpha value is -0.780. The molecule has 0 saturated heterocycles. The largest absolute Gasteiger partial charge is 0.0850 e. The quantitative estimate of drug-likeness (QED) is 0.502. The van der Waals surface area contributed by atoms with Crippen LogP contribution < -0.4 is 0 Å². The zero-order valence-corrected chi connectivity index (χ0v) is 10.4. The summed E-state index contributed by atoms with van der Waals surface area (Å²) in [6, 6.07) is 0. The van der Waals surface area contributed by atoms with Crippen molar-refractivity contribution in [1.82, 2.24) is 0 Å². The molecule has 0 aromatic heterocycles. The summed E-state index contributed by atoms with van der Waals surface area (Å²) in [5, 5.41) is 0. The number of rotatable bonds is 0. The molecule has 2 rings (SSSR count). The Morgan fingerprint density at radius 2 is 2.07 bits per heavy atom. The van der Waals surface area contributed by atoms with Gasteiger partial charge in [-0.15, -0.1) is 0 Å². The van der Waals surface area contributed by atoms with E-state index in [1.54, 1.807) is 16.7 Å². The Balaban J connectivity index is 2.37. The maximum absolute atomic E-state index is 2.48. The van der Waals surface area contributed by atoms with Crippen LogP contribution in [0.3, 0.4) is 0 Å². The SMILES string of the molecule is CC1=CCC[C@@H](C)C2=CC(=C(C)C)C[C@@H]12. The molecule has 0 nitrogen and oxygen atoms in total. The third kappa shape index (κ3) is 1.95. The summed E-state index contributed by atoms with van der Waals surface area (Å²) in [4.78, 5) is 0. The molecule has 2 aliphatic rings. The molecule has 82 valence electrons. The second kappa shape index (κ2) is 4.00. The topological polar surface area (TPSA) is 0 Å². The van der Waals surface area contributed by atoms with E-state index < -0.39 is 0 Å². The van der Waals surface area contributed by atoms with Gasteiger partial charge in [0.2, 0.25) is 0 Å². The molecule has 0 fully saturated rings. The van der Waals surface area contributed by atoms with Crippen molar-refractivity contribution in [1.29, 1.82) is 0 Å². The first kappa shape index (κ1) is 10.7. The van der Waals surface area contributed by atoms with E-state index >= 15 is 0 Å². The zero-order valence-electron chi connectivity index (χ0n) is 10.4. The second-order valence-corrected chi connectivity index (χ2v) is 5.35. The van der Waals surface area contributed by atoms with Gasteiger partial charge in [-0.25, -0.2) is 0 Å². The van der Waals surface area contributed by atoms with Gasteiger partial charge in [0.1, 0.15) is 0 Å². The van der Waals surface area contributed by atoms with Crippen molar-refractivity contribution in [2.24, 2.45) is 11.8 Å². The molecule has 0 heteroatoms. The van der Waals surface area contributed by atoms with Crippen molar-refractivity contribution in [3.63, 3.8) is 0 Å². The summed E-state index contributed by atoms with van der Waals surface area (Å²) in [6.07, 6.45) is 8.79. The van der Waals surface area contributed by atoms with Gasteiger partial charge in [0, 0.05) is 5.92 Å². The Kier molecular flexibility index (Phi) is 2.86. The fourth-order valence-electron chi connectivity index (χ4n) is 2.83. The Labute approximate surface area is 93.8 Å². The molecule has 15 heavy (non-hydrogen) atoms. The van der Waals surface area contributed by atoms with Gasteiger partial charge in [0.05, 0.1) is 0 Å². The van der Waals surface area contributed by atoms with Crippen LogP contribution in [0.5, 0.6) is 0 Å². The maximum atomic E-state index is 2.48. The van der Waals surface area contributed by atoms with Crippen LogP contribution >= 0.6 is 0 Å². The second-order valence-electron chi connectivity index (χ2n) is 5.35. The molecular weight excluding hydrogens is 180 g/mol. The van der Waals surface area contributed by atoms with E-state index in [9.17, 15) is 0 Å². The van der Waals surface area contributed by atoms with Crippen molar-refractivity contribution in [3.05, 3.63) is 34.4 Å². The normalized spacial score (nSPS) is 30.5. The van der Waals surface area contributed by atoms with E-state index in [1.165, 1.54) is 24.8 Å². The molecule has 0 radical (unpaired) electrons. The molecule has 0 saturated carbocycles. The fraction of sp³-hybridized carbons (Fsp3) is 0.600. The maximum Gasteiger partial charge on any atom is 0.00504 e. The van der Waals surface area contributed by atoms with E-state index in [4.69, 9.17) is 0 Å². The molecule has 0 aliphatic heterocycles. The van der Waals surface area contributed by atoms with E-state index in [1.807, 2.05) is 0 Å². The minimum Gasteiger partial charge on any atom is -0.0850 e. The summed E-state index contributed by atoms with van der Waals surface area (Å²) < 4.78 is 0. The Morgan fingerprint density at radius 1 is 1.33 bits per heavy atom. The van der Waals surface area contributed by atoms with Gasteiger partial charge in [-0.05, 0) is 51.5 Å². The first-order valence-electron chi connectivity index (χ1n) is 6.14. The van der Waals surface area contributed by atoms with Crippen LogP contribution in [0.25, 0.3) is 0 Å². The molecule has 0 aromatic carbocycles. The highest BCUT2D eigenvalue weighted by atomic mass is 14.3. The van der Waals surface area contributed by atoms with Crippen LogP contribution in [0.1, 0.15) is 47.0 Å². The summed E-state index contributed by atoms with van der Waals surface area (Å²) in [7, 11) is 0. The summed E-state index contributed by atoms with van der Waals surface area (Å²) in [5.74, 6) is 1.51. The molecule has 2 atom stereocenters. The molecule has 0 amide bonds. The van der Waals surface area contributed by atoms with Gasteiger partial charge in [0.15, 0.2) is 0 Å². The molecule has 2 aliphatic carbocycles. The lowest BCUT2D eigenvalue weighted by molar-refractivity contribution is 0.576. The lowest BCUT2D eigenvalue weighted by atomic mass is 9.87. The molecule has 0 unspecified atom stereocenters. The zero-order chi connectivity index (χ0) is 11.0. The van der Waals surface area contributed by atoms with Crippen molar-refractivity contribution in [2.45, 2.75) is 47.0 Å². The Bertz CT molecular complexity index is 348. The third-order valence-electron chi connectivity index (χ3n) is 3.99. The van der Waals surface area contributed by atoms with Gasteiger partial charge < -0.3 is 0 Å². The smallest absolute Gasteiger partial charge is 0.00504 e. The highest BCUT2D eigenvalue weighted by molar-refractivity contribution is 5.41. The summed E-state index contributed by atoms with van der Waals surface area (Å²) >= 11 is 0. The highest BCUT2D eigenvalue weighted by Crippen LogP contribution is 2.43. The first-order valence-corrected chi connectivity index (χ1v) is 6.14. The monoisotopic (exact) mass is 202 g/mol. The molecule has 0 heterocycles. The summed E-state index contributed by atoms with van der Waals surface area (Å²) in [5.41, 5.74) is 6.37. The van der Waals surface area contributed by atoms with E-state index in [2.05, 4.69) is 39.8 Å². The van der Waals surface area contributed by atoms with Crippen molar-refractivity contribution < 1.29 is 0 Å². The standard InChI is InChI=1S/C15H22/c1-10(2)13-8-14-11(3)6-5-7-12(4)15(14)9-13/h6,9,12,14H,5,7-8H2,1-4H3/t12-,14+/m1/s1. The predicted molar refractivity (Wildman–Crippen MR) is 66.7 cm³/mol. The van der Waals surface area contributed by atoms with Crippen LogP contribution in [-0.2, 0) is 0 Å². The molecular formula is C15H22. The van der Waals surface area contributed by atoms with E-state index in [-0.39, 0.29) is 0 Å². The fourth-order valence-corrected chi connectivity index (χ4v) is 2.83. The highest BCUT2D eigenvalue weighted by Gasteiger charge is 2.28. The Morgan fingerprint density at radius 3 is 2.73 bits per heavy atom. The van der Waals surface area contributed by atoms with Gasteiger partial charge in [0.25, 0.3) is 0 Å². The molecule has 0 bridgehead atoms. The number of allylic oxidation sites excluding steroid dienone is 6. The number of hydrogen-bond donors (Lipinski definition) is 0. The molecule has 0 aromatic rings. The minimum absolute atomic E-state index is 0.729. The van der Waals surface area contributed by atoms with Crippen LogP contribution in [0, 0.1) is 11.8 Å². The third-order valence-corrected chi connectivity index (χ3v) is 3.99. The number of fused-ring (bicyclic) bond motifs is 1. The minimum atomic E-state index is 0.729. The van der Waals surface area contributed by atoms with Crippen molar-refractivity contribution in [2.75, 3.05) is 0 Å². The van der Waals surface area contributed by atoms with Gasteiger partial charge in [-0.1, -0.05) is 35.8 Å². The van der Waals surface area contributed by atoms with Crippen LogP contribution in [-0.4, -0.2) is 0 Å². The van der Waals surface area contributed by atoms with Crippen molar-refractivity contribution >= 4 is 0 Å². The van der Waals surface area contributed by atoms with E-state index in [0.29, 0.717) is 0 Å². The van der Waals surface area contributed by atoms with Crippen LogP contribution in [0.4, 0.5) is 0 Å². The van der Waals surface area contributed by atoms with Gasteiger partial charge >= 0.3 is 0 Å². The van der Waals surface area contributed by atoms with Crippen LogP contribution in [0.15, 0.2) is 34.4 Å². The van der Waals surface area contributed by atoms with E-state index in [0.717, 1.165) is 11.8 Å². The molecule has 0 N–H and O–H groups in total.